The molecule has 1 rings (SSSR count). The van der Waals surface area contributed by atoms with Crippen LogP contribution in [-0.2, 0) is 0 Å². The van der Waals surface area contributed by atoms with Crippen LogP contribution in [0.3, 0.4) is 0 Å². The molecule has 90 valence electrons. The first-order valence-corrected chi connectivity index (χ1v) is 6.95. The Kier molecular flexibility index (Phi) is 5.84. The Morgan fingerprint density at radius 3 is 2.62 bits per heavy atom. The molecule has 1 unspecified atom stereocenters. The van der Waals surface area contributed by atoms with Crippen LogP contribution in [0.15, 0.2) is 17.7 Å². The lowest BCUT2D eigenvalue weighted by molar-refractivity contribution is 0.611. The lowest BCUT2D eigenvalue weighted by atomic mass is 10.1. The summed E-state index contributed by atoms with van der Waals surface area (Å²) in [6, 6.07) is 2.11. The molecular formula is C12H17Cl2NS. The third-order valence-electron chi connectivity index (χ3n) is 2.13. The zero-order valence-corrected chi connectivity index (χ0v) is 12.1. The summed E-state index contributed by atoms with van der Waals surface area (Å²) in [7, 11) is 0. The van der Waals surface area contributed by atoms with E-state index >= 15 is 0 Å². The summed E-state index contributed by atoms with van der Waals surface area (Å²) in [5.41, 5.74) is 2.35. The molecule has 1 aromatic rings. The predicted molar refractivity (Wildman–Crippen MR) is 74.8 cm³/mol. The molecule has 0 amide bonds. The molecular weight excluding hydrogens is 261 g/mol. The Morgan fingerprint density at radius 2 is 2.19 bits per heavy atom. The van der Waals surface area contributed by atoms with Gasteiger partial charge in [0.2, 0.25) is 0 Å². The number of rotatable bonds is 5. The fourth-order valence-corrected chi connectivity index (χ4v) is 3.01. The van der Waals surface area contributed by atoms with E-state index in [0.29, 0.717) is 0 Å². The lowest BCUT2D eigenvalue weighted by Gasteiger charge is -2.14. The van der Waals surface area contributed by atoms with E-state index in [4.69, 9.17) is 23.2 Å². The van der Waals surface area contributed by atoms with Crippen molar-refractivity contribution in [1.29, 1.82) is 0 Å². The van der Waals surface area contributed by atoms with Gasteiger partial charge >= 0.3 is 0 Å². The summed E-state index contributed by atoms with van der Waals surface area (Å²) in [4.78, 5) is 0. The number of hydrogen-bond donors (Lipinski definition) is 1. The Morgan fingerprint density at radius 1 is 1.50 bits per heavy atom. The molecule has 0 radical (unpaired) electrons. The van der Waals surface area contributed by atoms with Crippen molar-refractivity contribution in [2.75, 3.05) is 6.54 Å². The average molecular weight is 278 g/mol. The molecule has 0 aliphatic heterocycles. The molecule has 0 aliphatic carbocycles. The van der Waals surface area contributed by atoms with Gasteiger partial charge in [-0.15, -0.1) is 11.3 Å². The number of nitrogens with one attached hydrogen (secondary N) is 1. The second-order valence-electron chi connectivity index (χ2n) is 3.96. The fraction of sp³-hybridized carbons (Fsp3) is 0.500. The van der Waals surface area contributed by atoms with Crippen LogP contribution in [0, 0.1) is 0 Å². The second-order valence-corrected chi connectivity index (χ2v) is 6.24. The number of hydrogen-bond acceptors (Lipinski definition) is 2. The smallest absolute Gasteiger partial charge is 0.0995 e. The van der Waals surface area contributed by atoms with Crippen molar-refractivity contribution in [3.8, 4) is 0 Å². The minimum absolute atomic E-state index is 0.168. The summed E-state index contributed by atoms with van der Waals surface area (Å²) < 4.78 is 1.52. The molecule has 16 heavy (non-hydrogen) atoms. The van der Waals surface area contributed by atoms with Crippen molar-refractivity contribution in [2.24, 2.45) is 0 Å². The Bertz CT molecular complexity index is 367. The largest absolute Gasteiger partial charge is 0.307 e. The van der Waals surface area contributed by atoms with Crippen LogP contribution < -0.4 is 5.32 Å². The van der Waals surface area contributed by atoms with Crippen LogP contribution in [0.4, 0.5) is 0 Å². The summed E-state index contributed by atoms with van der Waals surface area (Å²) in [6.07, 6.45) is 3.28. The molecule has 0 spiro atoms. The first-order chi connectivity index (χ1) is 7.54. The molecule has 0 fully saturated rings. The van der Waals surface area contributed by atoms with E-state index in [1.165, 1.54) is 16.9 Å². The molecule has 0 aliphatic rings. The molecule has 4 heteroatoms. The second kappa shape index (κ2) is 6.65. The van der Waals surface area contributed by atoms with Crippen molar-refractivity contribution in [2.45, 2.75) is 33.2 Å². The van der Waals surface area contributed by atoms with E-state index in [9.17, 15) is 0 Å². The Hall–Kier alpha value is -0.0200. The quantitative estimate of drug-likeness (QED) is 0.742. The van der Waals surface area contributed by atoms with Crippen molar-refractivity contribution in [1.82, 2.24) is 5.32 Å². The topological polar surface area (TPSA) is 12.0 Å². The number of allylic oxidation sites excluding steroid dienone is 1. The zero-order valence-electron chi connectivity index (χ0n) is 9.81. The van der Waals surface area contributed by atoms with Crippen LogP contribution in [-0.4, -0.2) is 6.54 Å². The first kappa shape index (κ1) is 14.0. The minimum Gasteiger partial charge on any atom is -0.307 e. The zero-order chi connectivity index (χ0) is 12.1. The first-order valence-electron chi connectivity index (χ1n) is 5.37. The molecule has 0 bridgehead atoms. The van der Waals surface area contributed by atoms with Gasteiger partial charge in [0.15, 0.2) is 0 Å². The van der Waals surface area contributed by atoms with Gasteiger partial charge < -0.3 is 5.32 Å². The van der Waals surface area contributed by atoms with E-state index < -0.39 is 0 Å². The standard InChI is InChI=1S/C12H17Cl2NS/c1-4-5-15-10(6-8(2)3)9-7-11(13)16-12(9)14/h6-7,10,15H,4-5H2,1-3H3. The molecule has 1 heterocycles. The molecule has 0 saturated heterocycles. The van der Waals surface area contributed by atoms with Gasteiger partial charge in [-0.1, -0.05) is 41.8 Å². The monoisotopic (exact) mass is 277 g/mol. The normalized spacial score (nSPS) is 12.6. The van der Waals surface area contributed by atoms with E-state index in [1.807, 2.05) is 6.07 Å². The highest BCUT2D eigenvalue weighted by atomic mass is 35.5. The third-order valence-corrected chi connectivity index (χ3v) is 3.65. The van der Waals surface area contributed by atoms with Crippen LogP contribution in [0.2, 0.25) is 8.67 Å². The van der Waals surface area contributed by atoms with Gasteiger partial charge in [0, 0.05) is 5.56 Å². The Labute approximate surface area is 111 Å². The number of thiophene rings is 1. The van der Waals surface area contributed by atoms with Gasteiger partial charge in [-0.3, -0.25) is 0 Å². The highest BCUT2D eigenvalue weighted by molar-refractivity contribution is 7.20. The van der Waals surface area contributed by atoms with Crippen molar-refractivity contribution in [3.63, 3.8) is 0 Å². The van der Waals surface area contributed by atoms with Crippen LogP contribution in [0.5, 0.6) is 0 Å². The average Bonchev–Trinajstić information content (AvgIpc) is 2.52. The summed E-state index contributed by atoms with van der Waals surface area (Å²) in [5.74, 6) is 0. The fourth-order valence-electron chi connectivity index (χ4n) is 1.46. The number of halogens is 2. The summed E-state index contributed by atoms with van der Waals surface area (Å²) in [6.45, 7) is 7.29. The van der Waals surface area contributed by atoms with Crippen LogP contribution >= 0.6 is 34.5 Å². The van der Waals surface area contributed by atoms with Gasteiger partial charge in [-0.25, -0.2) is 0 Å². The molecule has 1 nitrogen and oxygen atoms in total. The van der Waals surface area contributed by atoms with E-state index in [0.717, 1.165) is 27.2 Å². The van der Waals surface area contributed by atoms with E-state index in [1.54, 1.807) is 0 Å². The third kappa shape index (κ3) is 4.10. The van der Waals surface area contributed by atoms with Crippen molar-refractivity contribution < 1.29 is 0 Å². The molecule has 0 aromatic carbocycles. The highest BCUT2D eigenvalue weighted by Gasteiger charge is 2.14. The van der Waals surface area contributed by atoms with Gasteiger partial charge in [0.1, 0.15) is 0 Å². The van der Waals surface area contributed by atoms with Crippen LogP contribution in [0.1, 0.15) is 38.8 Å². The predicted octanol–water partition coefficient (Wildman–Crippen LogP) is 5.06. The van der Waals surface area contributed by atoms with E-state index in [-0.39, 0.29) is 6.04 Å². The minimum atomic E-state index is 0.168. The van der Waals surface area contributed by atoms with Gasteiger partial charge in [0.05, 0.1) is 14.7 Å². The molecule has 1 N–H and O–H groups in total. The summed E-state index contributed by atoms with van der Waals surface area (Å²) in [5, 5.41) is 3.46. The maximum Gasteiger partial charge on any atom is 0.0995 e. The van der Waals surface area contributed by atoms with Gasteiger partial charge in [-0.2, -0.15) is 0 Å². The SMILES string of the molecule is CCCNC(C=C(C)C)c1cc(Cl)sc1Cl. The van der Waals surface area contributed by atoms with Crippen LogP contribution in [0.25, 0.3) is 0 Å². The highest BCUT2D eigenvalue weighted by Crippen LogP contribution is 2.35. The van der Waals surface area contributed by atoms with E-state index in [2.05, 4.69) is 32.2 Å². The lowest BCUT2D eigenvalue weighted by Crippen LogP contribution is -2.20. The maximum atomic E-state index is 6.17. The Balaban J connectivity index is 2.91. The van der Waals surface area contributed by atoms with Gasteiger partial charge in [0.25, 0.3) is 0 Å². The van der Waals surface area contributed by atoms with Crippen molar-refractivity contribution in [3.05, 3.63) is 32.0 Å². The summed E-state index contributed by atoms with van der Waals surface area (Å²) >= 11 is 13.6. The molecule has 0 saturated carbocycles. The maximum absolute atomic E-state index is 6.17. The molecule has 1 aromatic heterocycles. The molecule has 1 atom stereocenters. The van der Waals surface area contributed by atoms with Crippen molar-refractivity contribution >= 4 is 34.5 Å². The van der Waals surface area contributed by atoms with Gasteiger partial charge in [-0.05, 0) is 32.9 Å².